The number of nitrogens with zero attached hydrogens (tertiary/aromatic N) is 4. The Labute approximate surface area is 152 Å². The molecule has 0 atom stereocenters. The summed E-state index contributed by atoms with van der Waals surface area (Å²) < 4.78 is 0. The summed E-state index contributed by atoms with van der Waals surface area (Å²) in [6, 6.07) is 13.3. The van der Waals surface area contributed by atoms with E-state index in [1.807, 2.05) is 61.5 Å². The molecule has 2 heterocycles. The van der Waals surface area contributed by atoms with Gasteiger partial charge >= 0.3 is 0 Å². The van der Waals surface area contributed by atoms with Crippen molar-refractivity contribution in [2.45, 2.75) is 6.54 Å². The number of hydrogen-bond acceptors (Lipinski definition) is 6. The smallest absolute Gasteiger partial charge is 0.258 e. The largest absolute Gasteiger partial charge is 0.378 e. The highest BCUT2D eigenvalue weighted by molar-refractivity contribution is 6.03. The van der Waals surface area contributed by atoms with E-state index in [-0.39, 0.29) is 5.91 Å². The van der Waals surface area contributed by atoms with E-state index in [0.717, 1.165) is 17.1 Å². The number of carbonyl (C=O) groups excluding carboxylic acids is 1. The minimum absolute atomic E-state index is 0.251. The van der Waals surface area contributed by atoms with Crippen molar-refractivity contribution in [3.8, 4) is 0 Å². The molecule has 1 aromatic carbocycles. The molecule has 0 aliphatic carbocycles. The Balaban J connectivity index is 1.58. The maximum Gasteiger partial charge on any atom is 0.258 e. The first kappa shape index (κ1) is 17.3. The Morgan fingerprint density at radius 2 is 1.73 bits per heavy atom. The summed E-state index contributed by atoms with van der Waals surface area (Å²) in [6.07, 6.45) is 4.73. The number of benzene rings is 1. The molecule has 2 N–H and O–H groups in total. The van der Waals surface area contributed by atoms with E-state index < -0.39 is 0 Å². The van der Waals surface area contributed by atoms with Crippen molar-refractivity contribution in [3.63, 3.8) is 0 Å². The number of anilines is 3. The Bertz CT molecular complexity index is 847. The van der Waals surface area contributed by atoms with Crippen LogP contribution in [0.2, 0.25) is 0 Å². The third-order valence-electron chi connectivity index (χ3n) is 3.71. The molecule has 0 aliphatic heterocycles. The van der Waals surface area contributed by atoms with E-state index in [9.17, 15) is 4.79 Å². The molecule has 132 valence electrons. The molecule has 2 aromatic heterocycles. The molecule has 0 spiro atoms. The lowest BCUT2D eigenvalue weighted by atomic mass is 10.2. The lowest BCUT2D eigenvalue weighted by Crippen LogP contribution is -2.14. The van der Waals surface area contributed by atoms with E-state index in [2.05, 4.69) is 25.6 Å². The monoisotopic (exact) mass is 348 g/mol. The number of nitrogens with one attached hydrogen (secondary N) is 2. The molecule has 3 rings (SSSR count). The molecule has 0 saturated heterocycles. The first-order valence-corrected chi connectivity index (χ1v) is 8.16. The van der Waals surface area contributed by atoms with Gasteiger partial charge in [-0.15, -0.1) is 0 Å². The molecule has 0 fully saturated rings. The van der Waals surface area contributed by atoms with Gasteiger partial charge in [0.1, 0.15) is 0 Å². The average Bonchev–Trinajstić information content (AvgIpc) is 2.68. The Morgan fingerprint density at radius 3 is 2.35 bits per heavy atom. The summed E-state index contributed by atoms with van der Waals surface area (Å²) >= 11 is 0. The molecule has 26 heavy (non-hydrogen) atoms. The quantitative estimate of drug-likeness (QED) is 0.713. The third-order valence-corrected chi connectivity index (χ3v) is 3.71. The van der Waals surface area contributed by atoms with Crippen LogP contribution in [0.3, 0.4) is 0 Å². The molecule has 0 unspecified atom stereocenters. The number of rotatable bonds is 6. The molecule has 0 aliphatic rings. The molecule has 0 saturated carbocycles. The first-order valence-electron chi connectivity index (χ1n) is 8.16. The maximum atomic E-state index is 12.3. The predicted molar refractivity (Wildman–Crippen MR) is 102 cm³/mol. The summed E-state index contributed by atoms with van der Waals surface area (Å²) in [5.74, 6) is 0.196. The second-order valence-corrected chi connectivity index (χ2v) is 5.87. The van der Waals surface area contributed by atoms with E-state index in [0.29, 0.717) is 18.1 Å². The van der Waals surface area contributed by atoms with Crippen molar-refractivity contribution in [1.29, 1.82) is 0 Å². The van der Waals surface area contributed by atoms with Gasteiger partial charge in [0, 0.05) is 44.1 Å². The van der Waals surface area contributed by atoms with E-state index in [1.54, 1.807) is 6.20 Å². The van der Waals surface area contributed by atoms with Gasteiger partial charge in [-0.05, 0) is 36.4 Å². The second kappa shape index (κ2) is 8.06. The number of aromatic nitrogens is 3. The van der Waals surface area contributed by atoms with E-state index >= 15 is 0 Å². The number of pyridine rings is 1. The van der Waals surface area contributed by atoms with E-state index in [4.69, 9.17) is 0 Å². The van der Waals surface area contributed by atoms with Crippen molar-refractivity contribution in [3.05, 3.63) is 72.3 Å². The van der Waals surface area contributed by atoms with Gasteiger partial charge in [-0.1, -0.05) is 6.07 Å². The van der Waals surface area contributed by atoms with Crippen LogP contribution in [0.5, 0.6) is 0 Å². The second-order valence-electron chi connectivity index (χ2n) is 5.87. The summed E-state index contributed by atoms with van der Waals surface area (Å²) in [6.45, 7) is 0.518. The fourth-order valence-electron chi connectivity index (χ4n) is 2.26. The van der Waals surface area contributed by atoms with Gasteiger partial charge in [-0.2, -0.15) is 0 Å². The van der Waals surface area contributed by atoms with Crippen LogP contribution in [-0.2, 0) is 6.54 Å². The standard InChI is InChI=1S/C19H20N6O/c1-25(2)17-8-6-15(7-9-17)24-18(26)14-11-21-19(22-12-14)23-13-16-5-3-4-10-20-16/h3-12H,13H2,1-2H3,(H,24,26)(H,21,22,23). The van der Waals surface area contributed by atoms with Crippen LogP contribution in [0.25, 0.3) is 0 Å². The fraction of sp³-hybridized carbons (Fsp3) is 0.158. The number of amides is 1. The van der Waals surface area contributed by atoms with Crippen LogP contribution >= 0.6 is 0 Å². The Kier molecular flexibility index (Phi) is 5.38. The topological polar surface area (TPSA) is 83.0 Å². The lowest BCUT2D eigenvalue weighted by molar-refractivity contribution is 0.102. The van der Waals surface area contributed by atoms with Gasteiger partial charge in [-0.25, -0.2) is 9.97 Å². The average molecular weight is 348 g/mol. The van der Waals surface area contributed by atoms with E-state index in [1.165, 1.54) is 12.4 Å². The summed E-state index contributed by atoms with van der Waals surface area (Å²) in [4.78, 5) is 26.9. The lowest BCUT2D eigenvalue weighted by Gasteiger charge is -2.13. The molecule has 0 bridgehead atoms. The minimum Gasteiger partial charge on any atom is -0.378 e. The van der Waals surface area contributed by atoms with Crippen LogP contribution in [0.15, 0.2) is 61.1 Å². The summed E-state index contributed by atoms with van der Waals surface area (Å²) in [5.41, 5.74) is 3.07. The summed E-state index contributed by atoms with van der Waals surface area (Å²) in [5, 5.41) is 5.91. The highest BCUT2D eigenvalue weighted by atomic mass is 16.1. The van der Waals surface area contributed by atoms with Gasteiger partial charge in [0.2, 0.25) is 5.95 Å². The zero-order valence-corrected chi connectivity index (χ0v) is 14.7. The number of hydrogen-bond donors (Lipinski definition) is 2. The highest BCUT2D eigenvalue weighted by Crippen LogP contribution is 2.16. The third kappa shape index (κ3) is 4.54. The van der Waals surface area contributed by atoms with Crippen molar-refractivity contribution in [2.24, 2.45) is 0 Å². The Morgan fingerprint density at radius 1 is 1.00 bits per heavy atom. The van der Waals surface area contributed by atoms with Gasteiger partial charge in [0.15, 0.2) is 0 Å². The molecule has 7 nitrogen and oxygen atoms in total. The molecule has 7 heteroatoms. The molecule has 0 radical (unpaired) electrons. The van der Waals surface area contributed by atoms with Crippen LogP contribution in [0, 0.1) is 0 Å². The van der Waals surface area contributed by atoms with Gasteiger partial charge in [-0.3, -0.25) is 9.78 Å². The zero-order chi connectivity index (χ0) is 18.4. The molecular formula is C19H20N6O. The van der Waals surface area contributed by atoms with Crippen molar-refractivity contribution in [1.82, 2.24) is 15.0 Å². The SMILES string of the molecule is CN(C)c1ccc(NC(=O)c2cnc(NCc3ccccn3)nc2)cc1. The van der Waals surface area contributed by atoms with Crippen LogP contribution in [-0.4, -0.2) is 35.0 Å². The first-order chi connectivity index (χ1) is 12.6. The predicted octanol–water partition coefficient (Wildman–Crippen LogP) is 2.80. The van der Waals surface area contributed by atoms with Crippen molar-refractivity contribution in [2.75, 3.05) is 29.6 Å². The van der Waals surface area contributed by atoms with Crippen LogP contribution in [0.1, 0.15) is 16.1 Å². The van der Waals surface area contributed by atoms with Crippen LogP contribution in [0.4, 0.5) is 17.3 Å². The van der Waals surface area contributed by atoms with Crippen LogP contribution < -0.4 is 15.5 Å². The van der Waals surface area contributed by atoms with Gasteiger partial charge in [0.25, 0.3) is 5.91 Å². The Hall–Kier alpha value is -3.48. The van der Waals surface area contributed by atoms with Crippen molar-refractivity contribution < 1.29 is 4.79 Å². The normalized spacial score (nSPS) is 10.2. The fourth-order valence-corrected chi connectivity index (χ4v) is 2.26. The minimum atomic E-state index is -0.251. The molecule has 3 aromatic rings. The molecule has 1 amide bonds. The number of carbonyl (C=O) groups is 1. The maximum absolute atomic E-state index is 12.3. The zero-order valence-electron chi connectivity index (χ0n) is 14.7. The van der Waals surface area contributed by atoms with Gasteiger partial charge < -0.3 is 15.5 Å². The molecular weight excluding hydrogens is 328 g/mol. The van der Waals surface area contributed by atoms with Gasteiger partial charge in [0.05, 0.1) is 17.8 Å². The highest BCUT2D eigenvalue weighted by Gasteiger charge is 2.08. The summed E-state index contributed by atoms with van der Waals surface area (Å²) in [7, 11) is 3.93. The van der Waals surface area contributed by atoms with Crippen molar-refractivity contribution >= 4 is 23.2 Å².